The van der Waals surface area contributed by atoms with Crippen LogP contribution >= 0.6 is 22.6 Å². The van der Waals surface area contributed by atoms with Gasteiger partial charge < -0.3 is 20.6 Å². The van der Waals surface area contributed by atoms with E-state index in [1.54, 1.807) is 6.07 Å². The Labute approximate surface area is 180 Å². The largest absolute Gasteiger partial charge is 0.437 e. The predicted molar refractivity (Wildman–Crippen MR) is 114 cm³/mol. The van der Waals surface area contributed by atoms with Crippen molar-refractivity contribution in [3.8, 4) is 0 Å². The molecule has 1 aliphatic heterocycles. The van der Waals surface area contributed by atoms with Crippen LogP contribution in [0.3, 0.4) is 0 Å². The zero-order valence-corrected chi connectivity index (χ0v) is 18.1. The third-order valence-corrected chi connectivity index (χ3v) is 5.31. The summed E-state index contributed by atoms with van der Waals surface area (Å²) in [5, 5.41) is 14.0. The summed E-state index contributed by atoms with van der Waals surface area (Å²) in [6.07, 6.45) is 0. The summed E-state index contributed by atoms with van der Waals surface area (Å²) in [4.78, 5) is 14.3. The highest BCUT2D eigenvalue weighted by Crippen LogP contribution is 2.31. The maximum absolute atomic E-state index is 14.5. The second-order valence-electron chi connectivity index (χ2n) is 7.51. The Morgan fingerprint density at radius 3 is 2.52 bits per heavy atom. The van der Waals surface area contributed by atoms with E-state index in [9.17, 15) is 18.0 Å². The number of carbonyl (C=O) groups is 1. The van der Waals surface area contributed by atoms with Gasteiger partial charge in [-0.25, -0.2) is 13.2 Å². The van der Waals surface area contributed by atoms with Crippen LogP contribution < -0.4 is 10.6 Å². The minimum Gasteiger partial charge on any atom is -0.437 e. The lowest BCUT2D eigenvalue weighted by Crippen LogP contribution is -2.67. The van der Waals surface area contributed by atoms with Crippen molar-refractivity contribution >= 4 is 39.9 Å². The number of anilines is 2. The molecule has 0 saturated carbocycles. The average molecular weight is 520 g/mol. The van der Waals surface area contributed by atoms with Gasteiger partial charge >= 0.3 is 0 Å². The van der Waals surface area contributed by atoms with E-state index in [-0.39, 0.29) is 30.4 Å². The van der Waals surface area contributed by atoms with Crippen LogP contribution in [-0.4, -0.2) is 47.2 Å². The Bertz CT molecular complexity index is 933. The first-order valence-electron chi connectivity index (χ1n) is 9.07. The number of carbonyl (C=O) groups excluding carboxylic acids is 1. The van der Waals surface area contributed by atoms with Gasteiger partial charge in [0.2, 0.25) is 5.60 Å². The molecule has 0 radical (unpaired) electrons. The highest BCUT2D eigenvalue weighted by atomic mass is 127. The van der Waals surface area contributed by atoms with Crippen molar-refractivity contribution in [3.63, 3.8) is 0 Å². The Morgan fingerprint density at radius 1 is 1.21 bits per heavy atom. The highest BCUT2D eigenvalue weighted by molar-refractivity contribution is 14.1. The summed E-state index contributed by atoms with van der Waals surface area (Å²) in [6, 6.07) is 6.50. The maximum atomic E-state index is 14.5. The molecule has 0 aliphatic carbocycles. The second kappa shape index (κ2) is 8.49. The lowest BCUT2D eigenvalue weighted by molar-refractivity contribution is -0.0793. The number of halogens is 4. The van der Waals surface area contributed by atoms with Crippen LogP contribution in [0.4, 0.5) is 24.5 Å². The van der Waals surface area contributed by atoms with Crippen molar-refractivity contribution < 1.29 is 23.1 Å². The van der Waals surface area contributed by atoms with E-state index in [4.69, 9.17) is 5.11 Å². The van der Waals surface area contributed by atoms with Crippen LogP contribution in [0.25, 0.3) is 0 Å². The number of nitrogens with zero attached hydrogens (tertiary/aromatic N) is 1. The molecule has 3 rings (SSSR count). The summed E-state index contributed by atoms with van der Waals surface area (Å²) in [6.45, 7) is 4.69. The maximum Gasteiger partial charge on any atom is 0.256 e. The predicted octanol–water partition coefficient (Wildman–Crippen LogP) is 3.37. The molecule has 0 unspecified atom stereocenters. The van der Waals surface area contributed by atoms with Crippen LogP contribution in [0, 0.1) is 21.0 Å². The molecule has 156 valence electrons. The fourth-order valence-electron chi connectivity index (χ4n) is 3.09. The first kappa shape index (κ1) is 21.8. The molecular formula is C20H22F3IN3O2+. The van der Waals surface area contributed by atoms with E-state index < -0.39 is 34.6 Å². The monoisotopic (exact) mass is 520 g/mol. The van der Waals surface area contributed by atoms with Crippen molar-refractivity contribution in [2.24, 2.45) is 0 Å². The molecule has 0 aromatic heterocycles. The lowest BCUT2D eigenvalue weighted by Gasteiger charge is -2.43. The molecule has 0 spiro atoms. The minimum absolute atomic E-state index is 0.0662. The molecule has 5 nitrogen and oxygen atoms in total. The van der Waals surface area contributed by atoms with Gasteiger partial charge in [0.05, 0.1) is 36.6 Å². The van der Waals surface area contributed by atoms with E-state index in [2.05, 4.69) is 10.6 Å². The van der Waals surface area contributed by atoms with Crippen molar-refractivity contribution in [3.05, 3.63) is 56.9 Å². The van der Waals surface area contributed by atoms with Crippen molar-refractivity contribution in [2.75, 3.05) is 25.0 Å². The molecule has 29 heavy (non-hydrogen) atoms. The summed E-state index contributed by atoms with van der Waals surface area (Å²) in [5.41, 5.74) is -1.42. The summed E-state index contributed by atoms with van der Waals surface area (Å²) in [5.74, 6) is -3.58. The topological polar surface area (TPSA) is 67.3 Å². The molecule has 1 saturated heterocycles. The number of hydrogen-bond donors (Lipinski definition) is 2. The van der Waals surface area contributed by atoms with Crippen LogP contribution in [0.2, 0.25) is 0 Å². The molecule has 9 heteroatoms. The summed E-state index contributed by atoms with van der Waals surface area (Å²) >= 11 is 1.93. The molecule has 4 N–H and O–H groups in total. The molecule has 1 fully saturated rings. The van der Waals surface area contributed by atoms with Gasteiger partial charge in [-0.05, 0) is 52.9 Å². The Morgan fingerprint density at radius 2 is 1.90 bits per heavy atom. The number of nitrogens with one attached hydrogen (secondary N) is 2. The fourth-order valence-corrected chi connectivity index (χ4v) is 3.54. The number of likely N-dealkylation sites (tertiary alicyclic amines) is 1. The van der Waals surface area contributed by atoms with Crippen LogP contribution in [0.1, 0.15) is 24.2 Å². The first-order chi connectivity index (χ1) is 13.6. The molecule has 1 aliphatic rings. The molecule has 1 amide bonds. The van der Waals surface area contributed by atoms with Crippen molar-refractivity contribution in [2.45, 2.75) is 25.5 Å². The van der Waals surface area contributed by atoms with Gasteiger partial charge in [0.1, 0.15) is 5.82 Å². The minimum atomic E-state index is -1.26. The van der Waals surface area contributed by atoms with Gasteiger partial charge in [0, 0.05) is 9.61 Å². The zero-order valence-electron chi connectivity index (χ0n) is 16.0. The molecule has 2 aromatic carbocycles. The molecule has 1 heterocycles. The molecule has 0 atom stereocenters. The normalized spacial score (nSPS) is 15.4. The van der Waals surface area contributed by atoms with E-state index in [0.29, 0.717) is 10.1 Å². The van der Waals surface area contributed by atoms with Gasteiger partial charge in [-0.2, -0.15) is 0 Å². The number of benzene rings is 2. The van der Waals surface area contributed by atoms with Gasteiger partial charge in [-0.3, -0.25) is 4.79 Å². The standard InChI is InChI=1S/C20H21F3IN3O2/c1-11(2)25-8-20(29)9-27(10-20)19(28)13-4-5-14(21)17(23)18(13)26-16-6-3-12(24)7-15(16)22/h3-7,11,25-26,29H,8-10H2,1-2H3/p+1. The quantitative estimate of drug-likeness (QED) is 0.454. The number of hydrogen-bond acceptors (Lipinski definition) is 3. The fraction of sp³-hybridized carbons (Fsp3) is 0.350. The Hall–Kier alpha value is -1.85. The molecule has 2 aromatic rings. The van der Waals surface area contributed by atoms with Crippen molar-refractivity contribution in [1.82, 2.24) is 10.2 Å². The Kier molecular flexibility index (Phi) is 6.39. The van der Waals surface area contributed by atoms with E-state index in [0.717, 1.165) is 6.07 Å². The summed E-state index contributed by atoms with van der Waals surface area (Å²) in [7, 11) is 0. The number of amides is 1. The summed E-state index contributed by atoms with van der Waals surface area (Å²) < 4.78 is 43.1. The molecular weight excluding hydrogens is 498 g/mol. The third-order valence-electron chi connectivity index (χ3n) is 4.64. The van der Waals surface area contributed by atoms with Crippen LogP contribution in [0.5, 0.6) is 0 Å². The van der Waals surface area contributed by atoms with E-state index in [1.807, 2.05) is 36.4 Å². The highest BCUT2D eigenvalue weighted by Gasteiger charge is 2.48. The van der Waals surface area contributed by atoms with Crippen LogP contribution in [-0.2, 0) is 0 Å². The zero-order chi connectivity index (χ0) is 21.3. The molecule has 0 bridgehead atoms. The van der Waals surface area contributed by atoms with Gasteiger partial charge in [0.25, 0.3) is 5.91 Å². The smallest absolute Gasteiger partial charge is 0.256 e. The van der Waals surface area contributed by atoms with Crippen molar-refractivity contribution in [1.29, 1.82) is 0 Å². The van der Waals surface area contributed by atoms with Gasteiger partial charge in [-0.1, -0.05) is 13.8 Å². The van der Waals surface area contributed by atoms with E-state index >= 15 is 0 Å². The SMILES string of the molecule is CC(C)NCC1([OH2+])CN(C(=O)c2ccc(F)c(F)c2Nc2ccc(I)cc2F)C1. The van der Waals surface area contributed by atoms with Crippen LogP contribution in [0.15, 0.2) is 30.3 Å². The average Bonchev–Trinajstić information content (AvgIpc) is 2.63. The van der Waals surface area contributed by atoms with Gasteiger partial charge in [-0.15, -0.1) is 0 Å². The van der Waals surface area contributed by atoms with E-state index in [1.165, 1.54) is 23.1 Å². The lowest BCUT2D eigenvalue weighted by atomic mass is 9.92. The number of rotatable bonds is 6. The first-order valence-corrected chi connectivity index (χ1v) is 10.2. The van der Waals surface area contributed by atoms with Gasteiger partial charge in [0.15, 0.2) is 11.6 Å². The second-order valence-corrected chi connectivity index (χ2v) is 8.76. The third kappa shape index (κ3) is 4.84. The Balaban J connectivity index is 1.83.